The molecule has 18 heavy (non-hydrogen) atoms. The molecule has 0 bridgehead atoms. The number of nitriles is 1. The van der Waals surface area contributed by atoms with Gasteiger partial charge in [0, 0.05) is 6.04 Å². The van der Waals surface area contributed by atoms with Crippen molar-refractivity contribution in [3.8, 4) is 6.07 Å². The van der Waals surface area contributed by atoms with Gasteiger partial charge in [-0.15, -0.1) is 0 Å². The van der Waals surface area contributed by atoms with Crippen molar-refractivity contribution in [3.63, 3.8) is 0 Å². The second-order valence-corrected chi connectivity index (χ2v) is 4.93. The number of amides is 1. The maximum absolute atomic E-state index is 11.8. The Kier molecular flexibility index (Phi) is 2.67. The summed E-state index contributed by atoms with van der Waals surface area (Å²) in [7, 11) is 0. The Morgan fingerprint density at radius 3 is 3.00 bits per heavy atom. The molecule has 0 spiro atoms. The molecule has 0 saturated heterocycles. The molecule has 1 N–H and O–H groups in total. The maximum atomic E-state index is 11.8. The zero-order chi connectivity index (χ0) is 12.5. The van der Waals surface area contributed by atoms with E-state index in [0.29, 0.717) is 6.54 Å². The summed E-state index contributed by atoms with van der Waals surface area (Å²) in [5.74, 6) is 0.0567. The monoisotopic (exact) mass is 241 g/mol. The largest absolute Gasteiger partial charge is 0.356 e. The number of hydrogen-bond donors (Lipinski definition) is 1. The molecule has 4 heteroatoms. The van der Waals surface area contributed by atoms with Crippen LogP contribution >= 0.6 is 0 Å². The highest BCUT2D eigenvalue weighted by Crippen LogP contribution is 2.37. The van der Waals surface area contributed by atoms with Crippen molar-refractivity contribution in [2.24, 2.45) is 5.92 Å². The van der Waals surface area contributed by atoms with Crippen LogP contribution in [0, 0.1) is 17.2 Å². The van der Waals surface area contributed by atoms with Gasteiger partial charge < -0.3 is 10.2 Å². The molecule has 1 aliphatic carbocycles. The first-order chi connectivity index (χ1) is 8.79. The number of hydrogen-bond acceptors (Lipinski definition) is 3. The van der Waals surface area contributed by atoms with Crippen LogP contribution in [-0.4, -0.2) is 18.5 Å². The molecule has 0 aromatic heterocycles. The Bertz CT molecular complexity index is 520. The first-order valence-electron chi connectivity index (χ1n) is 6.35. The molecule has 1 heterocycles. The summed E-state index contributed by atoms with van der Waals surface area (Å²) >= 11 is 0. The van der Waals surface area contributed by atoms with Gasteiger partial charge in [-0.2, -0.15) is 5.26 Å². The minimum absolute atomic E-state index is 0.0114. The zero-order valence-corrected chi connectivity index (χ0v) is 10.1. The average molecular weight is 241 g/mol. The van der Waals surface area contributed by atoms with Crippen LogP contribution in [0.2, 0.25) is 0 Å². The molecular weight excluding hydrogens is 226 g/mol. The Morgan fingerprint density at radius 1 is 1.33 bits per heavy atom. The number of carbonyl (C=O) groups is 1. The minimum Gasteiger partial charge on any atom is -0.356 e. The molecule has 3 rings (SSSR count). The number of anilines is 2. The second-order valence-electron chi connectivity index (χ2n) is 4.93. The number of nitrogens with zero attached hydrogens (tertiary/aromatic N) is 2. The molecule has 4 nitrogen and oxygen atoms in total. The van der Waals surface area contributed by atoms with E-state index in [0.717, 1.165) is 30.6 Å². The van der Waals surface area contributed by atoms with Crippen LogP contribution in [0.3, 0.4) is 0 Å². The maximum Gasteiger partial charge on any atom is 0.243 e. The van der Waals surface area contributed by atoms with Gasteiger partial charge in [-0.3, -0.25) is 4.79 Å². The molecule has 0 radical (unpaired) electrons. The van der Waals surface area contributed by atoms with Crippen LogP contribution in [0.5, 0.6) is 0 Å². The molecule has 1 saturated carbocycles. The SMILES string of the molecule is N#CC1CCCC1N1CC(=O)Nc2ccccc21. The third kappa shape index (κ3) is 1.72. The summed E-state index contributed by atoms with van der Waals surface area (Å²) in [4.78, 5) is 13.9. The lowest BCUT2D eigenvalue weighted by Crippen LogP contribution is -2.45. The fourth-order valence-electron chi connectivity index (χ4n) is 3.02. The fraction of sp³-hybridized carbons (Fsp3) is 0.429. The van der Waals surface area contributed by atoms with Gasteiger partial charge in [0.1, 0.15) is 0 Å². The number of rotatable bonds is 1. The van der Waals surface area contributed by atoms with Crippen LogP contribution < -0.4 is 10.2 Å². The van der Waals surface area contributed by atoms with E-state index in [2.05, 4.69) is 16.3 Å². The molecule has 1 fully saturated rings. The first kappa shape index (κ1) is 11.1. The summed E-state index contributed by atoms with van der Waals surface area (Å²) in [6, 6.07) is 10.4. The summed E-state index contributed by atoms with van der Waals surface area (Å²) in [6.45, 7) is 0.361. The number of nitrogens with one attached hydrogen (secondary N) is 1. The number of carbonyl (C=O) groups excluding carboxylic acids is 1. The van der Waals surface area contributed by atoms with E-state index in [1.807, 2.05) is 24.3 Å². The van der Waals surface area contributed by atoms with Crippen molar-refractivity contribution in [3.05, 3.63) is 24.3 Å². The normalized spacial score (nSPS) is 26.4. The topological polar surface area (TPSA) is 56.1 Å². The lowest BCUT2D eigenvalue weighted by Gasteiger charge is -2.36. The van der Waals surface area contributed by atoms with E-state index in [9.17, 15) is 10.1 Å². The van der Waals surface area contributed by atoms with Crippen LogP contribution in [0.4, 0.5) is 11.4 Å². The van der Waals surface area contributed by atoms with Crippen molar-refractivity contribution < 1.29 is 4.79 Å². The van der Waals surface area contributed by atoms with E-state index in [4.69, 9.17) is 0 Å². The number of para-hydroxylation sites is 2. The average Bonchev–Trinajstić information content (AvgIpc) is 2.85. The Balaban J connectivity index is 1.98. The van der Waals surface area contributed by atoms with E-state index in [1.54, 1.807) is 0 Å². The highest BCUT2D eigenvalue weighted by atomic mass is 16.2. The molecule has 1 aliphatic heterocycles. The van der Waals surface area contributed by atoms with Crippen LogP contribution in [0.15, 0.2) is 24.3 Å². The fourth-order valence-corrected chi connectivity index (χ4v) is 3.02. The van der Waals surface area contributed by atoms with Gasteiger partial charge in [0.2, 0.25) is 5.91 Å². The van der Waals surface area contributed by atoms with Crippen LogP contribution in [0.1, 0.15) is 19.3 Å². The van der Waals surface area contributed by atoms with Crippen molar-refractivity contribution in [2.45, 2.75) is 25.3 Å². The predicted octanol–water partition coefficient (Wildman–Crippen LogP) is 2.14. The lowest BCUT2D eigenvalue weighted by atomic mass is 10.0. The van der Waals surface area contributed by atoms with Crippen molar-refractivity contribution in [1.82, 2.24) is 0 Å². The standard InChI is InChI=1S/C14H15N3O/c15-8-10-4-3-7-12(10)17-9-14(18)16-11-5-1-2-6-13(11)17/h1-2,5-6,10,12H,3-4,7,9H2,(H,16,18). The first-order valence-corrected chi connectivity index (χ1v) is 6.35. The molecule has 2 unspecified atom stereocenters. The van der Waals surface area contributed by atoms with E-state index < -0.39 is 0 Å². The smallest absolute Gasteiger partial charge is 0.243 e. The Hall–Kier alpha value is -2.02. The van der Waals surface area contributed by atoms with Gasteiger partial charge in [0.15, 0.2) is 0 Å². The van der Waals surface area contributed by atoms with Gasteiger partial charge in [-0.25, -0.2) is 0 Å². The predicted molar refractivity (Wildman–Crippen MR) is 69.2 cm³/mol. The zero-order valence-electron chi connectivity index (χ0n) is 10.1. The molecule has 92 valence electrons. The lowest BCUT2D eigenvalue weighted by molar-refractivity contribution is -0.115. The number of fused-ring (bicyclic) bond motifs is 1. The van der Waals surface area contributed by atoms with Crippen molar-refractivity contribution >= 4 is 17.3 Å². The summed E-state index contributed by atoms with van der Waals surface area (Å²) in [5, 5.41) is 12.1. The van der Waals surface area contributed by atoms with E-state index >= 15 is 0 Å². The number of benzene rings is 1. The Labute approximate surface area is 106 Å². The van der Waals surface area contributed by atoms with E-state index in [1.165, 1.54) is 0 Å². The van der Waals surface area contributed by atoms with E-state index in [-0.39, 0.29) is 17.9 Å². The summed E-state index contributed by atoms with van der Waals surface area (Å²) in [5.41, 5.74) is 1.90. The third-order valence-corrected chi connectivity index (χ3v) is 3.85. The van der Waals surface area contributed by atoms with Crippen LogP contribution in [-0.2, 0) is 4.79 Å². The van der Waals surface area contributed by atoms with Gasteiger partial charge in [0.25, 0.3) is 0 Å². The molecule has 1 aromatic carbocycles. The summed E-state index contributed by atoms with van der Waals surface area (Å²) < 4.78 is 0. The molecule has 2 atom stereocenters. The molecule has 1 aromatic rings. The Morgan fingerprint density at radius 2 is 2.17 bits per heavy atom. The quantitative estimate of drug-likeness (QED) is 0.819. The molecule has 1 amide bonds. The summed E-state index contributed by atoms with van der Waals surface area (Å²) in [6.07, 6.45) is 3.02. The molecule has 2 aliphatic rings. The van der Waals surface area contributed by atoms with Crippen LogP contribution in [0.25, 0.3) is 0 Å². The second kappa shape index (κ2) is 4.34. The van der Waals surface area contributed by atoms with Gasteiger partial charge in [-0.05, 0) is 31.4 Å². The third-order valence-electron chi connectivity index (χ3n) is 3.85. The minimum atomic E-state index is 0.0114. The molecular formula is C14H15N3O. The van der Waals surface area contributed by atoms with Crippen molar-refractivity contribution in [1.29, 1.82) is 5.26 Å². The van der Waals surface area contributed by atoms with Gasteiger partial charge in [-0.1, -0.05) is 12.1 Å². The highest BCUT2D eigenvalue weighted by Gasteiger charge is 2.35. The van der Waals surface area contributed by atoms with Gasteiger partial charge >= 0.3 is 0 Å². The van der Waals surface area contributed by atoms with Crippen molar-refractivity contribution in [2.75, 3.05) is 16.8 Å². The van der Waals surface area contributed by atoms with Gasteiger partial charge in [0.05, 0.1) is 29.9 Å². The highest BCUT2D eigenvalue weighted by molar-refractivity contribution is 6.01.